The van der Waals surface area contributed by atoms with Gasteiger partial charge in [0.05, 0.1) is 13.2 Å². The number of nitrogen functional groups attached to an aromatic ring is 1. The Hall–Kier alpha value is -1.59. The molecule has 0 heterocycles. The summed E-state index contributed by atoms with van der Waals surface area (Å²) >= 11 is 0. The second-order valence-corrected chi connectivity index (χ2v) is 5.01. The van der Waals surface area contributed by atoms with Gasteiger partial charge in [0.15, 0.2) is 0 Å². The van der Waals surface area contributed by atoms with Gasteiger partial charge in [-0.3, -0.25) is 4.79 Å². The summed E-state index contributed by atoms with van der Waals surface area (Å²) in [4.78, 5) is 13.7. The highest BCUT2D eigenvalue weighted by atomic mass is 16.5. The molecule has 0 aromatic heterocycles. The van der Waals surface area contributed by atoms with Crippen molar-refractivity contribution in [1.29, 1.82) is 0 Å². The van der Waals surface area contributed by atoms with Crippen LogP contribution in [-0.2, 0) is 16.0 Å². The SMILES string of the molecule is CN(C)CCOCCNC(=O)CCc1cccc(N)c1. The number of carbonyl (C=O) groups is 1. The van der Waals surface area contributed by atoms with Crippen molar-refractivity contribution in [2.75, 3.05) is 46.1 Å². The average molecular weight is 279 g/mol. The first kappa shape index (κ1) is 16.5. The van der Waals surface area contributed by atoms with Gasteiger partial charge in [-0.05, 0) is 38.2 Å². The van der Waals surface area contributed by atoms with Gasteiger partial charge in [0, 0.05) is 25.2 Å². The van der Waals surface area contributed by atoms with Crippen molar-refractivity contribution in [2.45, 2.75) is 12.8 Å². The molecule has 1 rings (SSSR count). The normalized spacial score (nSPS) is 10.8. The van der Waals surface area contributed by atoms with Crippen molar-refractivity contribution in [3.63, 3.8) is 0 Å². The molecular formula is C15H25N3O2. The first-order valence-electron chi connectivity index (χ1n) is 6.91. The Morgan fingerprint density at radius 1 is 1.35 bits per heavy atom. The lowest BCUT2D eigenvalue weighted by Gasteiger charge is -2.10. The third-order valence-electron chi connectivity index (χ3n) is 2.84. The molecule has 0 atom stereocenters. The summed E-state index contributed by atoms with van der Waals surface area (Å²) in [6.45, 7) is 2.69. The number of hydrogen-bond donors (Lipinski definition) is 2. The van der Waals surface area contributed by atoms with Crippen LogP contribution in [0.4, 0.5) is 5.69 Å². The minimum Gasteiger partial charge on any atom is -0.399 e. The van der Waals surface area contributed by atoms with Crippen LogP contribution in [0.1, 0.15) is 12.0 Å². The van der Waals surface area contributed by atoms with E-state index in [9.17, 15) is 4.79 Å². The Morgan fingerprint density at radius 2 is 2.15 bits per heavy atom. The number of nitrogens with one attached hydrogen (secondary N) is 1. The molecular weight excluding hydrogens is 254 g/mol. The van der Waals surface area contributed by atoms with Crippen LogP contribution in [0, 0.1) is 0 Å². The van der Waals surface area contributed by atoms with Crippen molar-refractivity contribution in [2.24, 2.45) is 0 Å². The van der Waals surface area contributed by atoms with Crippen LogP contribution in [0.25, 0.3) is 0 Å². The summed E-state index contributed by atoms with van der Waals surface area (Å²) in [6, 6.07) is 7.63. The number of hydrogen-bond acceptors (Lipinski definition) is 4. The number of nitrogens with zero attached hydrogens (tertiary/aromatic N) is 1. The molecule has 0 saturated carbocycles. The predicted molar refractivity (Wildman–Crippen MR) is 81.6 cm³/mol. The molecule has 0 aliphatic rings. The molecule has 0 fully saturated rings. The van der Waals surface area contributed by atoms with Crippen LogP contribution in [0.5, 0.6) is 0 Å². The van der Waals surface area contributed by atoms with Gasteiger partial charge in [-0.2, -0.15) is 0 Å². The fourth-order valence-electron chi connectivity index (χ4n) is 1.71. The van der Waals surface area contributed by atoms with Crippen LogP contribution in [0.15, 0.2) is 24.3 Å². The lowest BCUT2D eigenvalue weighted by molar-refractivity contribution is -0.121. The molecule has 5 nitrogen and oxygen atoms in total. The molecule has 0 aliphatic heterocycles. The lowest BCUT2D eigenvalue weighted by atomic mass is 10.1. The van der Waals surface area contributed by atoms with Crippen LogP contribution in [0.3, 0.4) is 0 Å². The maximum absolute atomic E-state index is 11.6. The molecule has 1 amide bonds. The van der Waals surface area contributed by atoms with Crippen molar-refractivity contribution in [3.8, 4) is 0 Å². The van der Waals surface area contributed by atoms with Gasteiger partial charge in [0.2, 0.25) is 5.91 Å². The van der Waals surface area contributed by atoms with E-state index in [2.05, 4.69) is 10.2 Å². The molecule has 5 heteroatoms. The molecule has 0 saturated heterocycles. The van der Waals surface area contributed by atoms with Crippen molar-refractivity contribution < 1.29 is 9.53 Å². The summed E-state index contributed by atoms with van der Waals surface area (Å²) < 4.78 is 5.40. The monoisotopic (exact) mass is 279 g/mol. The van der Waals surface area contributed by atoms with E-state index in [4.69, 9.17) is 10.5 Å². The van der Waals surface area contributed by atoms with Crippen LogP contribution in [-0.4, -0.2) is 51.2 Å². The van der Waals surface area contributed by atoms with E-state index in [1.807, 2.05) is 38.4 Å². The number of likely N-dealkylation sites (N-methyl/N-ethyl adjacent to an activating group) is 1. The molecule has 20 heavy (non-hydrogen) atoms. The van der Waals surface area contributed by atoms with Crippen molar-refractivity contribution in [1.82, 2.24) is 10.2 Å². The zero-order valence-electron chi connectivity index (χ0n) is 12.4. The van der Waals surface area contributed by atoms with E-state index in [0.29, 0.717) is 32.6 Å². The minimum atomic E-state index is 0.0450. The van der Waals surface area contributed by atoms with Crippen molar-refractivity contribution in [3.05, 3.63) is 29.8 Å². The van der Waals surface area contributed by atoms with Gasteiger partial charge in [0.1, 0.15) is 0 Å². The molecule has 0 spiro atoms. The zero-order valence-corrected chi connectivity index (χ0v) is 12.4. The number of benzene rings is 1. The van der Waals surface area contributed by atoms with Crippen LogP contribution >= 0.6 is 0 Å². The molecule has 1 aromatic rings. The third kappa shape index (κ3) is 7.76. The number of aryl methyl sites for hydroxylation is 1. The van der Waals surface area contributed by atoms with Crippen LogP contribution in [0.2, 0.25) is 0 Å². The topological polar surface area (TPSA) is 67.6 Å². The number of anilines is 1. The van der Waals surface area contributed by atoms with Gasteiger partial charge in [-0.1, -0.05) is 12.1 Å². The van der Waals surface area contributed by atoms with Gasteiger partial charge in [-0.25, -0.2) is 0 Å². The van der Waals surface area contributed by atoms with E-state index >= 15 is 0 Å². The van der Waals surface area contributed by atoms with Crippen LogP contribution < -0.4 is 11.1 Å². The lowest BCUT2D eigenvalue weighted by Crippen LogP contribution is -2.28. The Bertz CT molecular complexity index is 408. The van der Waals surface area contributed by atoms with E-state index < -0.39 is 0 Å². The first-order valence-corrected chi connectivity index (χ1v) is 6.91. The predicted octanol–water partition coefficient (Wildman–Crippen LogP) is 0.896. The molecule has 0 radical (unpaired) electrons. The summed E-state index contributed by atoms with van der Waals surface area (Å²) in [6.07, 6.45) is 1.18. The average Bonchev–Trinajstić information content (AvgIpc) is 2.40. The number of ether oxygens (including phenoxy) is 1. The summed E-state index contributed by atoms with van der Waals surface area (Å²) in [5.74, 6) is 0.0450. The maximum atomic E-state index is 11.6. The van der Waals surface area contributed by atoms with Gasteiger partial charge >= 0.3 is 0 Å². The summed E-state index contributed by atoms with van der Waals surface area (Å²) in [5, 5.41) is 2.85. The van der Waals surface area contributed by atoms with E-state index in [0.717, 1.165) is 17.8 Å². The summed E-state index contributed by atoms with van der Waals surface area (Å²) in [7, 11) is 4.00. The minimum absolute atomic E-state index is 0.0450. The smallest absolute Gasteiger partial charge is 0.220 e. The number of amides is 1. The molecule has 0 unspecified atom stereocenters. The second-order valence-electron chi connectivity index (χ2n) is 5.01. The third-order valence-corrected chi connectivity index (χ3v) is 2.84. The summed E-state index contributed by atoms with van der Waals surface area (Å²) in [5.41, 5.74) is 7.51. The fraction of sp³-hybridized carbons (Fsp3) is 0.533. The molecule has 3 N–H and O–H groups in total. The Kier molecular flexibility index (Phi) is 7.69. The molecule has 112 valence electrons. The maximum Gasteiger partial charge on any atom is 0.220 e. The number of nitrogens with two attached hydrogens (primary N) is 1. The second kappa shape index (κ2) is 9.34. The van der Waals surface area contributed by atoms with Gasteiger partial charge in [0.25, 0.3) is 0 Å². The fourth-order valence-corrected chi connectivity index (χ4v) is 1.71. The molecule has 1 aromatic carbocycles. The highest BCUT2D eigenvalue weighted by Crippen LogP contribution is 2.08. The highest BCUT2D eigenvalue weighted by molar-refractivity contribution is 5.76. The molecule has 0 aliphatic carbocycles. The van der Waals surface area contributed by atoms with E-state index in [1.165, 1.54) is 0 Å². The Morgan fingerprint density at radius 3 is 2.85 bits per heavy atom. The van der Waals surface area contributed by atoms with Gasteiger partial charge in [-0.15, -0.1) is 0 Å². The Balaban J connectivity index is 2.06. The number of rotatable bonds is 9. The van der Waals surface area contributed by atoms with E-state index in [1.54, 1.807) is 0 Å². The quantitative estimate of drug-likeness (QED) is 0.520. The standard InChI is InChI=1S/C15H25N3O2/c1-18(2)9-11-20-10-8-17-15(19)7-6-13-4-3-5-14(16)12-13/h3-5,12H,6-11,16H2,1-2H3,(H,17,19). The molecule has 0 bridgehead atoms. The Labute approximate surface area is 121 Å². The zero-order chi connectivity index (χ0) is 14.8. The largest absolute Gasteiger partial charge is 0.399 e. The highest BCUT2D eigenvalue weighted by Gasteiger charge is 2.02. The van der Waals surface area contributed by atoms with Crippen molar-refractivity contribution >= 4 is 11.6 Å². The number of carbonyl (C=O) groups excluding carboxylic acids is 1. The first-order chi connectivity index (χ1) is 9.58. The van der Waals surface area contributed by atoms with Gasteiger partial charge < -0.3 is 20.7 Å². The van der Waals surface area contributed by atoms with E-state index in [-0.39, 0.29) is 5.91 Å².